The van der Waals surface area contributed by atoms with Gasteiger partial charge in [0.05, 0.1) is 0 Å². The highest BCUT2D eigenvalue weighted by molar-refractivity contribution is 5.87. The second kappa shape index (κ2) is 12.0. The Hall–Kier alpha value is -1.05. The Morgan fingerprint density at radius 2 is 1.69 bits per heavy atom. The molecule has 0 saturated carbocycles. The molecule has 0 aliphatic rings. The molecule has 0 heterocycles. The Bertz CT molecular complexity index is 219. The van der Waals surface area contributed by atoms with Crippen molar-refractivity contribution in [2.45, 2.75) is 52.4 Å². The van der Waals surface area contributed by atoms with E-state index in [2.05, 4.69) is 24.4 Å². The summed E-state index contributed by atoms with van der Waals surface area (Å²) in [6, 6.07) is 0. The molecular weight excluding hydrogens is 198 g/mol. The van der Waals surface area contributed by atoms with E-state index < -0.39 is 0 Å². The molecule has 0 rings (SSSR count). The summed E-state index contributed by atoms with van der Waals surface area (Å²) in [6.07, 6.45) is 15.1. The highest BCUT2D eigenvalue weighted by atomic mass is 16.1. The first kappa shape index (κ1) is 14.9. The number of nitrogens with one attached hydrogen (secondary N) is 1. The normalized spacial score (nSPS) is 11.4. The maximum atomic E-state index is 11.0. The maximum Gasteiger partial charge on any atom is 0.243 e. The molecule has 2 heteroatoms. The minimum absolute atomic E-state index is 0.00873. The van der Waals surface area contributed by atoms with E-state index in [9.17, 15) is 4.79 Å². The number of carbonyl (C=O) groups is 1. The van der Waals surface area contributed by atoms with Gasteiger partial charge in [0, 0.05) is 6.54 Å². The summed E-state index contributed by atoms with van der Waals surface area (Å²) in [7, 11) is 0. The van der Waals surface area contributed by atoms with Gasteiger partial charge in [0.15, 0.2) is 0 Å². The Labute approximate surface area is 99.8 Å². The third kappa shape index (κ3) is 11.0. The van der Waals surface area contributed by atoms with Gasteiger partial charge in [-0.1, -0.05) is 38.0 Å². The zero-order valence-electron chi connectivity index (χ0n) is 10.7. The van der Waals surface area contributed by atoms with Crippen LogP contribution >= 0.6 is 0 Å². The van der Waals surface area contributed by atoms with E-state index in [-0.39, 0.29) is 5.91 Å². The molecular formula is C14H25NO. The summed E-state index contributed by atoms with van der Waals surface area (Å²) in [5.41, 5.74) is 0. The second-order valence-corrected chi connectivity index (χ2v) is 3.84. The Balaban J connectivity index is 3.34. The van der Waals surface area contributed by atoms with Gasteiger partial charge in [0.2, 0.25) is 5.91 Å². The van der Waals surface area contributed by atoms with E-state index >= 15 is 0 Å². The number of rotatable bonds is 9. The van der Waals surface area contributed by atoms with Crippen molar-refractivity contribution in [3.63, 3.8) is 0 Å². The zero-order chi connectivity index (χ0) is 12.1. The first-order valence-electron chi connectivity index (χ1n) is 6.40. The van der Waals surface area contributed by atoms with Gasteiger partial charge in [0.25, 0.3) is 0 Å². The summed E-state index contributed by atoms with van der Waals surface area (Å²) in [5, 5.41) is 2.73. The fourth-order valence-corrected chi connectivity index (χ4v) is 1.36. The topological polar surface area (TPSA) is 29.1 Å². The third-order valence-corrected chi connectivity index (χ3v) is 2.26. The van der Waals surface area contributed by atoms with Crippen molar-refractivity contribution in [2.75, 3.05) is 6.54 Å². The molecule has 0 aromatic rings. The molecule has 0 bridgehead atoms. The Kier molecular flexibility index (Phi) is 11.2. The van der Waals surface area contributed by atoms with Crippen LogP contribution in [0.1, 0.15) is 52.4 Å². The fraction of sp³-hybridized carbons (Fsp3) is 0.643. The van der Waals surface area contributed by atoms with Crippen molar-refractivity contribution < 1.29 is 4.79 Å². The van der Waals surface area contributed by atoms with Crippen LogP contribution < -0.4 is 5.32 Å². The van der Waals surface area contributed by atoms with Crippen LogP contribution in [-0.4, -0.2) is 12.5 Å². The largest absolute Gasteiger partial charge is 0.353 e. The summed E-state index contributed by atoms with van der Waals surface area (Å²) in [6.45, 7) is 4.83. The van der Waals surface area contributed by atoms with Crippen molar-refractivity contribution in [3.05, 3.63) is 24.3 Å². The molecule has 0 aliphatic heterocycles. The van der Waals surface area contributed by atoms with Gasteiger partial charge in [0.1, 0.15) is 0 Å². The highest BCUT2D eigenvalue weighted by Crippen LogP contribution is 2.01. The van der Waals surface area contributed by atoms with Gasteiger partial charge in [-0.2, -0.15) is 0 Å². The molecule has 0 aromatic heterocycles. The average molecular weight is 223 g/mol. The molecule has 0 aliphatic carbocycles. The molecule has 1 amide bonds. The molecule has 0 unspecified atom stereocenters. The number of carbonyl (C=O) groups excluding carboxylic acids is 1. The molecule has 0 fully saturated rings. The molecule has 92 valence electrons. The van der Waals surface area contributed by atoms with Crippen molar-refractivity contribution in [1.82, 2.24) is 5.32 Å². The molecule has 1 N–H and O–H groups in total. The predicted octanol–water partition coefficient (Wildman–Crippen LogP) is 3.60. The summed E-state index contributed by atoms with van der Waals surface area (Å²) in [4.78, 5) is 11.0. The number of allylic oxidation sites excluding steroid dienone is 3. The molecule has 0 atom stereocenters. The van der Waals surface area contributed by atoms with Gasteiger partial charge >= 0.3 is 0 Å². The number of amides is 1. The second-order valence-electron chi connectivity index (χ2n) is 3.84. The van der Waals surface area contributed by atoms with Crippen molar-refractivity contribution in [2.24, 2.45) is 0 Å². The van der Waals surface area contributed by atoms with Crippen molar-refractivity contribution in [3.8, 4) is 0 Å². The minimum atomic E-state index is 0.00873. The Morgan fingerprint density at radius 3 is 2.38 bits per heavy atom. The van der Waals surface area contributed by atoms with E-state index in [1.54, 1.807) is 6.08 Å². The third-order valence-electron chi connectivity index (χ3n) is 2.26. The summed E-state index contributed by atoms with van der Waals surface area (Å²) >= 11 is 0. The zero-order valence-corrected chi connectivity index (χ0v) is 10.7. The summed E-state index contributed by atoms with van der Waals surface area (Å²) in [5.74, 6) is 0.00873. The Morgan fingerprint density at radius 1 is 1.00 bits per heavy atom. The van der Waals surface area contributed by atoms with E-state index in [0.717, 1.165) is 12.8 Å². The molecule has 0 saturated heterocycles. The van der Waals surface area contributed by atoms with E-state index in [4.69, 9.17) is 0 Å². The van der Waals surface area contributed by atoms with Crippen LogP contribution in [0, 0.1) is 0 Å². The lowest BCUT2D eigenvalue weighted by Gasteiger charge is -1.94. The van der Waals surface area contributed by atoms with Crippen LogP contribution in [0.3, 0.4) is 0 Å². The number of unbranched alkanes of at least 4 members (excludes halogenated alkanes) is 4. The van der Waals surface area contributed by atoms with Gasteiger partial charge in [-0.15, -0.1) is 0 Å². The smallest absolute Gasteiger partial charge is 0.243 e. The number of hydrogen-bond acceptors (Lipinski definition) is 1. The standard InChI is InChI=1S/C14H25NO/c1-3-5-6-7-8-9-10-11-12-13-14(16)15-4-2/h8-9,12-13H,3-7,10-11H2,1-2H3,(H,15,16)/b9-8+,13-12+. The monoisotopic (exact) mass is 223 g/mol. The van der Waals surface area contributed by atoms with Gasteiger partial charge in [-0.25, -0.2) is 0 Å². The van der Waals surface area contributed by atoms with Crippen LogP contribution in [0.4, 0.5) is 0 Å². The number of hydrogen-bond donors (Lipinski definition) is 1. The van der Waals surface area contributed by atoms with Gasteiger partial charge in [-0.3, -0.25) is 4.79 Å². The average Bonchev–Trinajstić information content (AvgIpc) is 2.27. The van der Waals surface area contributed by atoms with E-state index in [1.165, 1.54) is 25.7 Å². The molecule has 16 heavy (non-hydrogen) atoms. The van der Waals surface area contributed by atoms with Crippen LogP contribution in [0.5, 0.6) is 0 Å². The lowest BCUT2D eigenvalue weighted by Crippen LogP contribution is -2.19. The predicted molar refractivity (Wildman–Crippen MR) is 70.3 cm³/mol. The lowest BCUT2D eigenvalue weighted by atomic mass is 10.2. The van der Waals surface area contributed by atoms with Crippen LogP contribution in [-0.2, 0) is 4.79 Å². The molecule has 0 radical (unpaired) electrons. The van der Waals surface area contributed by atoms with Crippen LogP contribution in [0.2, 0.25) is 0 Å². The van der Waals surface area contributed by atoms with Gasteiger partial charge in [-0.05, 0) is 38.7 Å². The lowest BCUT2D eigenvalue weighted by molar-refractivity contribution is -0.116. The van der Waals surface area contributed by atoms with Crippen molar-refractivity contribution >= 4 is 5.91 Å². The quantitative estimate of drug-likeness (QED) is 0.361. The van der Waals surface area contributed by atoms with E-state index in [1.807, 2.05) is 13.0 Å². The minimum Gasteiger partial charge on any atom is -0.353 e. The number of likely N-dealkylation sites (N-methyl/N-ethyl adjacent to an activating group) is 1. The SMILES string of the molecule is CCCCC/C=C/CC/C=C/C(=O)NCC. The molecule has 0 spiro atoms. The highest BCUT2D eigenvalue weighted by Gasteiger charge is 1.88. The fourth-order valence-electron chi connectivity index (χ4n) is 1.36. The maximum absolute atomic E-state index is 11.0. The first-order valence-corrected chi connectivity index (χ1v) is 6.40. The molecule has 2 nitrogen and oxygen atoms in total. The van der Waals surface area contributed by atoms with Gasteiger partial charge < -0.3 is 5.32 Å². The van der Waals surface area contributed by atoms with Crippen LogP contribution in [0.25, 0.3) is 0 Å². The summed E-state index contributed by atoms with van der Waals surface area (Å²) < 4.78 is 0. The first-order chi connectivity index (χ1) is 7.81. The van der Waals surface area contributed by atoms with Crippen LogP contribution in [0.15, 0.2) is 24.3 Å². The van der Waals surface area contributed by atoms with Crippen molar-refractivity contribution in [1.29, 1.82) is 0 Å². The van der Waals surface area contributed by atoms with E-state index in [0.29, 0.717) is 6.54 Å². The molecule has 0 aromatic carbocycles.